The van der Waals surface area contributed by atoms with Crippen LogP contribution in [0.25, 0.3) is 0 Å². The number of aliphatic carboxylic acids is 1. The van der Waals surface area contributed by atoms with E-state index in [2.05, 4.69) is 9.88 Å². The summed E-state index contributed by atoms with van der Waals surface area (Å²) < 4.78 is 0. The van der Waals surface area contributed by atoms with Gasteiger partial charge in [-0.05, 0) is 0 Å². The van der Waals surface area contributed by atoms with Crippen molar-refractivity contribution in [2.45, 2.75) is 6.04 Å². The van der Waals surface area contributed by atoms with Gasteiger partial charge in [0.2, 0.25) is 0 Å². The molecule has 0 bridgehead atoms. The summed E-state index contributed by atoms with van der Waals surface area (Å²) in [7, 11) is 0. The van der Waals surface area contributed by atoms with Crippen LogP contribution in [0.5, 0.6) is 0 Å². The number of carbonyl (C=O) groups is 2. The summed E-state index contributed by atoms with van der Waals surface area (Å²) in [6, 6.07) is -0.856. The molecule has 0 saturated carbocycles. The van der Waals surface area contributed by atoms with Crippen LogP contribution in [0, 0.1) is 0 Å². The highest BCUT2D eigenvalue weighted by Crippen LogP contribution is 2.24. The van der Waals surface area contributed by atoms with E-state index in [1.165, 1.54) is 16.7 Å². The van der Waals surface area contributed by atoms with Crippen molar-refractivity contribution in [1.29, 1.82) is 0 Å². The van der Waals surface area contributed by atoms with Gasteiger partial charge in [0.1, 0.15) is 6.04 Å². The van der Waals surface area contributed by atoms with E-state index in [1.54, 1.807) is 22.4 Å². The van der Waals surface area contributed by atoms with Crippen molar-refractivity contribution in [3.63, 3.8) is 0 Å². The molecule has 1 unspecified atom stereocenters. The molecule has 9 heteroatoms. The summed E-state index contributed by atoms with van der Waals surface area (Å²) >= 11 is 3.08. The first-order valence-corrected chi connectivity index (χ1v) is 8.71. The largest absolute Gasteiger partial charge is 0.480 e. The minimum atomic E-state index is -0.922. The summed E-state index contributed by atoms with van der Waals surface area (Å²) in [6.45, 7) is 2.67. The molecule has 2 fully saturated rings. The van der Waals surface area contributed by atoms with Crippen molar-refractivity contribution in [1.82, 2.24) is 14.8 Å². The number of aromatic nitrogens is 1. The molecule has 3 rings (SSSR count). The van der Waals surface area contributed by atoms with E-state index in [0.29, 0.717) is 24.7 Å². The van der Waals surface area contributed by atoms with Gasteiger partial charge in [0.25, 0.3) is 0 Å². The van der Waals surface area contributed by atoms with Crippen LogP contribution in [0.2, 0.25) is 0 Å². The number of nitrogens with zero attached hydrogens (tertiary/aromatic N) is 4. The summed E-state index contributed by atoms with van der Waals surface area (Å²) in [5.41, 5.74) is 0. The predicted molar refractivity (Wildman–Crippen MR) is 81.9 cm³/mol. The number of thiazole rings is 1. The lowest BCUT2D eigenvalue weighted by molar-refractivity contribution is -0.140. The van der Waals surface area contributed by atoms with Crippen molar-refractivity contribution >= 4 is 40.2 Å². The molecule has 2 aliphatic rings. The number of carbonyl (C=O) groups excluding carboxylic acids is 1. The zero-order chi connectivity index (χ0) is 14.8. The van der Waals surface area contributed by atoms with Crippen molar-refractivity contribution < 1.29 is 14.7 Å². The van der Waals surface area contributed by atoms with Crippen molar-refractivity contribution in [3.05, 3.63) is 11.6 Å². The van der Waals surface area contributed by atoms with Gasteiger partial charge in [0.15, 0.2) is 5.13 Å². The molecule has 0 aromatic carbocycles. The summed E-state index contributed by atoms with van der Waals surface area (Å²) in [6.07, 6.45) is 1.77. The van der Waals surface area contributed by atoms with Crippen LogP contribution in [0.15, 0.2) is 11.6 Å². The van der Waals surface area contributed by atoms with Gasteiger partial charge in [-0.25, -0.2) is 14.6 Å². The minimum Gasteiger partial charge on any atom is -0.480 e. The van der Waals surface area contributed by atoms with Crippen molar-refractivity contribution in [3.8, 4) is 0 Å². The standard InChI is InChI=1S/C12H16N4O3S2/c17-10(18)9-7-20-8-16(9)12(19)15-4-2-14(3-5-15)11-13-1-6-21-11/h1,6,9H,2-5,7-8H2,(H,17,18). The number of amides is 2. The second kappa shape index (κ2) is 6.10. The lowest BCUT2D eigenvalue weighted by Gasteiger charge is -2.37. The molecule has 2 aliphatic heterocycles. The Morgan fingerprint density at radius 2 is 2.05 bits per heavy atom. The Kier molecular flexibility index (Phi) is 4.20. The molecule has 2 amide bonds. The van der Waals surface area contributed by atoms with E-state index in [1.807, 2.05) is 5.38 Å². The first kappa shape index (κ1) is 14.5. The number of thioether (sulfide) groups is 1. The summed E-state index contributed by atoms with van der Waals surface area (Å²) in [5, 5.41) is 12.1. The van der Waals surface area contributed by atoms with Gasteiger partial charge < -0.3 is 19.8 Å². The van der Waals surface area contributed by atoms with E-state index in [4.69, 9.17) is 5.11 Å². The average Bonchev–Trinajstić information content (AvgIpc) is 3.18. The zero-order valence-corrected chi connectivity index (χ0v) is 13.0. The maximum Gasteiger partial charge on any atom is 0.327 e. The molecular formula is C12H16N4O3S2. The number of carboxylic acid groups (broad SMARTS) is 1. The molecule has 1 atom stereocenters. The Balaban J connectivity index is 1.59. The first-order valence-electron chi connectivity index (χ1n) is 6.67. The maximum atomic E-state index is 12.5. The van der Waals surface area contributed by atoms with Crippen LogP contribution in [0.3, 0.4) is 0 Å². The molecule has 2 saturated heterocycles. The topological polar surface area (TPSA) is 77.0 Å². The molecule has 0 spiro atoms. The fourth-order valence-electron chi connectivity index (χ4n) is 2.48. The molecule has 1 aromatic rings. The molecule has 7 nitrogen and oxygen atoms in total. The molecule has 21 heavy (non-hydrogen) atoms. The molecular weight excluding hydrogens is 312 g/mol. The van der Waals surface area contributed by atoms with Gasteiger partial charge >= 0.3 is 12.0 Å². The smallest absolute Gasteiger partial charge is 0.327 e. The lowest BCUT2D eigenvalue weighted by atomic mass is 10.3. The molecule has 0 aliphatic carbocycles. The molecule has 1 aromatic heterocycles. The van der Waals surface area contributed by atoms with Gasteiger partial charge in [-0.15, -0.1) is 23.1 Å². The Morgan fingerprint density at radius 1 is 1.29 bits per heavy atom. The third-order valence-corrected chi connectivity index (χ3v) is 5.50. The summed E-state index contributed by atoms with van der Waals surface area (Å²) in [5.74, 6) is 0.0117. The van der Waals surface area contributed by atoms with E-state index >= 15 is 0 Å². The normalized spacial score (nSPS) is 22.7. The van der Waals surface area contributed by atoms with Crippen LogP contribution < -0.4 is 4.90 Å². The van der Waals surface area contributed by atoms with Gasteiger partial charge in [-0.1, -0.05) is 0 Å². The van der Waals surface area contributed by atoms with Crippen LogP contribution in [-0.2, 0) is 4.79 Å². The van der Waals surface area contributed by atoms with Crippen LogP contribution >= 0.6 is 23.1 Å². The number of rotatable bonds is 2. The third-order valence-electron chi connectivity index (χ3n) is 3.65. The van der Waals surface area contributed by atoms with E-state index in [-0.39, 0.29) is 6.03 Å². The first-order chi connectivity index (χ1) is 10.2. The number of anilines is 1. The Hall–Kier alpha value is -1.48. The fraction of sp³-hybridized carbons (Fsp3) is 0.583. The minimum absolute atomic E-state index is 0.161. The number of urea groups is 1. The number of piperazine rings is 1. The Morgan fingerprint density at radius 3 is 2.67 bits per heavy atom. The highest BCUT2D eigenvalue weighted by molar-refractivity contribution is 7.99. The fourth-order valence-corrected chi connectivity index (χ4v) is 4.31. The van der Waals surface area contributed by atoms with E-state index in [9.17, 15) is 9.59 Å². The lowest BCUT2D eigenvalue weighted by Crippen LogP contribution is -2.55. The van der Waals surface area contributed by atoms with E-state index < -0.39 is 12.0 Å². The van der Waals surface area contributed by atoms with Crippen LogP contribution in [0.1, 0.15) is 0 Å². The van der Waals surface area contributed by atoms with Gasteiger partial charge in [-0.3, -0.25) is 0 Å². The van der Waals surface area contributed by atoms with Crippen molar-refractivity contribution in [2.75, 3.05) is 42.7 Å². The quantitative estimate of drug-likeness (QED) is 0.867. The van der Waals surface area contributed by atoms with Gasteiger partial charge in [0.05, 0.1) is 5.88 Å². The third kappa shape index (κ3) is 2.93. The van der Waals surface area contributed by atoms with Gasteiger partial charge in [0, 0.05) is 43.5 Å². The molecule has 1 N–H and O–H groups in total. The van der Waals surface area contributed by atoms with Crippen LogP contribution in [0.4, 0.5) is 9.93 Å². The predicted octanol–water partition coefficient (Wildman–Crippen LogP) is 0.845. The second-order valence-corrected chi connectivity index (χ2v) is 6.77. The van der Waals surface area contributed by atoms with Crippen molar-refractivity contribution in [2.24, 2.45) is 0 Å². The highest BCUT2D eigenvalue weighted by Gasteiger charge is 2.37. The van der Waals surface area contributed by atoms with Gasteiger partial charge in [-0.2, -0.15) is 0 Å². The highest BCUT2D eigenvalue weighted by atomic mass is 32.2. The monoisotopic (exact) mass is 328 g/mol. The summed E-state index contributed by atoms with van der Waals surface area (Å²) in [4.78, 5) is 33.3. The van der Waals surface area contributed by atoms with Crippen LogP contribution in [-0.4, -0.2) is 75.7 Å². The number of hydrogen-bond acceptors (Lipinski definition) is 6. The number of carboxylic acids is 1. The Bertz CT molecular complexity index is 517. The van der Waals surface area contributed by atoms with E-state index in [0.717, 1.165) is 18.2 Å². The molecule has 0 radical (unpaired) electrons. The number of hydrogen-bond donors (Lipinski definition) is 1. The maximum absolute atomic E-state index is 12.5. The average molecular weight is 328 g/mol. The second-order valence-electron chi connectivity index (χ2n) is 4.90. The SMILES string of the molecule is O=C(O)C1CSCN1C(=O)N1CCN(c2nccs2)CC1. The Labute approximate surface area is 130 Å². The zero-order valence-electron chi connectivity index (χ0n) is 11.3. The molecule has 3 heterocycles. The molecule has 114 valence electrons.